The third-order valence-electron chi connectivity index (χ3n) is 6.17. The predicted molar refractivity (Wildman–Crippen MR) is 139 cm³/mol. The SMILES string of the molecule is CC(=O)NC1S[C@H]2CC(=O)N2C(C(=O)OC(c2ccccc2)c2ccccc2)=C1C(=O)N(CCO)CCO. The largest absolute Gasteiger partial charge is 0.448 e. The molecule has 1 fully saturated rings. The Labute approximate surface area is 224 Å². The molecule has 10 nitrogen and oxygen atoms in total. The van der Waals surface area contributed by atoms with Crippen LogP contribution in [0.25, 0.3) is 0 Å². The summed E-state index contributed by atoms with van der Waals surface area (Å²) in [4.78, 5) is 54.8. The molecule has 2 heterocycles. The molecule has 0 radical (unpaired) electrons. The Morgan fingerprint density at radius 3 is 2.05 bits per heavy atom. The number of aliphatic hydroxyl groups excluding tert-OH is 2. The van der Waals surface area contributed by atoms with E-state index in [1.54, 1.807) is 0 Å². The zero-order chi connectivity index (χ0) is 27.2. The van der Waals surface area contributed by atoms with Crippen LogP contribution in [0.15, 0.2) is 71.9 Å². The lowest BCUT2D eigenvalue weighted by atomic mass is 10.0. The van der Waals surface area contributed by atoms with Crippen molar-refractivity contribution in [1.29, 1.82) is 0 Å². The van der Waals surface area contributed by atoms with Crippen LogP contribution in [0.1, 0.15) is 30.6 Å². The van der Waals surface area contributed by atoms with Crippen LogP contribution in [-0.4, -0.2) is 80.8 Å². The number of nitrogens with one attached hydrogen (secondary N) is 1. The highest BCUT2D eigenvalue weighted by atomic mass is 32.2. The number of fused-ring (bicyclic) bond motifs is 1. The van der Waals surface area contributed by atoms with E-state index in [0.29, 0.717) is 11.1 Å². The second kappa shape index (κ2) is 12.2. The molecule has 0 saturated carbocycles. The van der Waals surface area contributed by atoms with Gasteiger partial charge in [0.2, 0.25) is 11.8 Å². The number of amides is 3. The van der Waals surface area contributed by atoms with E-state index < -0.39 is 34.6 Å². The summed E-state index contributed by atoms with van der Waals surface area (Å²) in [5.41, 5.74) is 1.00. The van der Waals surface area contributed by atoms with Crippen LogP contribution < -0.4 is 5.32 Å². The number of carbonyl (C=O) groups is 4. The highest BCUT2D eigenvalue weighted by Crippen LogP contribution is 2.44. The van der Waals surface area contributed by atoms with Gasteiger partial charge >= 0.3 is 5.97 Å². The van der Waals surface area contributed by atoms with Crippen molar-refractivity contribution >= 4 is 35.5 Å². The van der Waals surface area contributed by atoms with E-state index in [1.165, 1.54) is 28.5 Å². The number of carbonyl (C=O) groups excluding carboxylic acids is 4. The van der Waals surface area contributed by atoms with Crippen molar-refractivity contribution in [2.45, 2.75) is 30.2 Å². The molecule has 0 aromatic heterocycles. The fraction of sp³-hybridized carbons (Fsp3) is 0.333. The van der Waals surface area contributed by atoms with Crippen molar-refractivity contribution in [1.82, 2.24) is 15.1 Å². The molecule has 0 aliphatic carbocycles. The first-order valence-electron chi connectivity index (χ1n) is 12.2. The summed E-state index contributed by atoms with van der Waals surface area (Å²) in [6.45, 7) is 0.296. The predicted octanol–water partition coefficient (Wildman–Crippen LogP) is 1.15. The maximum atomic E-state index is 13.9. The minimum Gasteiger partial charge on any atom is -0.448 e. The van der Waals surface area contributed by atoms with Gasteiger partial charge in [-0.1, -0.05) is 60.7 Å². The molecular weight excluding hydrogens is 510 g/mol. The monoisotopic (exact) mass is 539 g/mol. The van der Waals surface area contributed by atoms with Gasteiger partial charge in [0.15, 0.2) is 6.10 Å². The Morgan fingerprint density at radius 2 is 1.58 bits per heavy atom. The third-order valence-corrected chi connectivity index (χ3v) is 7.49. The smallest absolute Gasteiger partial charge is 0.356 e. The van der Waals surface area contributed by atoms with Crippen LogP contribution in [0.2, 0.25) is 0 Å². The van der Waals surface area contributed by atoms with Gasteiger partial charge in [-0.25, -0.2) is 4.79 Å². The molecule has 1 saturated heterocycles. The number of aliphatic hydroxyl groups is 2. The van der Waals surface area contributed by atoms with Gasteiger partial charge in [0, 0.05) is 20.0 Å². The standard InChI is InChI=1S/C27H29N3O7S/c1-17(33)28-25-22(26(35)29(12-14-31)13-15-32)23(30-20(34)16-21(30)38-25)27(36)37-24(18-8-4-2-5-9-18)19-10-6-3-7-11-19/h2-11,21,24-25,31-32H,12-16H2,1H3,(H,28,33)/t21-,25?/m0/s1. The summed E-state index contributed by atoms with van der Waals surface area (Å²) in [5.74, 6) is -2.37. The van der Waals surface area contributed by atoms with Crippen LogP contribution in [0.3, 0.4) is 0 Å². The lowest BCUT2D eigenvalue weighted by molar-refractivity contribution is -0.152. The fourth-order valence-electron chi connectivity index (χ4n) is 4.43. The second-order valence-corrected chi connectivity index (χ2v) is 10.0. The first-order chi connectivity index (χ1) is 18.3. The number of nitrogens with zero attached hydrogens (tertiary/aromatic N) is 2. The first-order valence-corrected chi connectivity index (χ1v) is 13.1. The maximum Gasteiger partial charge on any atom is 0.356 e. The molecule has 38 heavy (non-hydrogen) atoms. The van der Waals surface area contributed by atoms with Gasteiger partial charge in [-0.15, -0.1) is 11.8 Å². The van der Waals surface area contributed by atoms with E-state index in [0.717, 1.165) is 0 Å². The van der Waals surface area contributed by atoms with Crippen molar-refractivity contribution in [2.24, 2.45) is 0 Å². The fourth-order valence-corrected chi connectivity index (χ4v) is 5.91. The molecule has 2 aromatic rings. The molecular formula is C27H29N3O7S. The zero-order valence-corrected chi connectivity index (χ0v) is 21.6. The van der Waals surface area contributed by atoms with Crippen LogP contribution in [0, 0.1) is 0 Å². The summed E-state index contributed by atoms with van der Waals surface area (Å²) in [7, 11) is 0. The Bertz CT molecular complexity index is 1180. The summed E-state index contributed by atoms with van der Waals surface area (Å²) in [6.07, 6.45) is -0.695. The molecule has 3 N–H and O–H groups in total. The van der Waals surface area contributed by atoms with Crippen LogP contribution in [0.5, 0.6) is 0 Å². The number of hydrogen-bond acceptors (Lipinski definition) is 8. The summed E-state index contributed by atoms with van der Waals surface area (Å²) in [5, 5.41) is 20.3. The average Bonchev–Trinajstić information content (AvgIpc) is 2.91. The molecule has 2 atom stereocenters. The molecule has 4 rings (SSSR count). The molecule has 1 unspecified atom stereocenters. The van der Waals surface area contributed by atoms with Crippen molar-refractivity contribution in [3.63, 3.8) is 0 Å². The second-order valence-electron chi connectivity index (χ2n) is 8.75. The number of esters is 1. The number of β-lactam (4-membered cyclic amide) rings is 1. The molecule has 0 spiro atoms. The lowest BCUT2D eigenvalue weighted by Crippen LogP contribution is -2.59. The average molecular weight is 540 g/mol. The van der Waals surface area contributed by atoms with Gasteiger partial charge in [-0.05, 0) is 11.1 Å². The first kappa shape index (κ1) is 27.4. The minimum atomic E-state index is -0.941. The minimum absolute atomic E-state index is 0.114. The van der Waals surface area contributed by atoms with Gasteiger partial charge < -0.3 is 25.2 Å². The highest BCUT2D eigenvalue weighted by Gasteiger charge is 2.51. The van der Waals surface area contributed by atoms with Crippen molar-refractivity contribution in [2.75, 3.05) is 26.3 Å². The number of benzene rings is 2. The van der Waals surface area contributed by atoms with Gasteiger partial charge in [0.1, 0.15) is 11.1 Å². The molecule has 2 aliphatic heterocycles. The van der Waals surface area contributed by atoms with Gasteiger partial charge in [0.25, 0.3) is 5.91 Å². The third kappa shape index (κ3) is 5.74. The summed E-state index contributed by atoms with van der Waals surface area (Å²) < 4.78 is 6.01. The number of ether oxygens (including phenoxy) is 1. The Balaban J connectivity index is 1.82. The number of thioether (sulfide) groups is 1. The van der Waals surface area contributed by atoms with E-state index in [9.17, 15) is 29.4 Å². The molecule has 200 valence electrons. The van der Waals surface area contributed by atoms with Gasteiger partial charge in [0.05, 0.1) is 30.6 Å². The van der Waals surface area contributed by atoms with Crippen molar-refractivity contribution in [3.8, 4) is 0 Å². The van der Waals surface area contributed by atoms with Gasteiger partial charge in [-0.2, -0.15) is 0 Å². The number of rotatable bonds is 10. The van der Waals surface area contributed by atoms with E-state index in [-0.39, 0.29) is 49.9 Å². The number of hydrogen-bond donors (Lipinski definition) is 3. The van der Waals surface area contributed by atoms with Gasteiger partial charge in [-0.3, -0.25) is 19.3 Å². The van der Waals surface area contributed by atoms with E-state index in [2.05, 4.69) is 5.32 Å². The molecule has 2 aliphatic rings. The Kier molecular flexibility index (Phi) is 8.82. The van der Waals surface area contributed by atoms with E-state index in [1.807, 2.05) is 60.7 Å². The van der Waals surface area contributed by atoms with Crippen molar-refractivity contribution < 1.29 is 34.1 Å². The summed E-state index contributed by atoms with van der Waals surface area (Å²) >= 11 is 1.17. The quantitative estimate of drug-likeness (QED) is 0.302. The molecule has 0 bridgehead atoms. The normalized spacial score (nSPS) is 18.5. The topological polar surface area (TPSA) is 136 Å². The summed E-state index contributed by atoms with van der Waals surface area (Å²) in [6, 6.07) is 18.2. The molecule has 2 aromatic carbocycles. The van der Waals surface area contributed by atoms with Crippen LogP contribution in [-0.2, 0) is 23.9 Å². The van der Waals surface area contributed by atoms with Crippen LogP contribution in [0.4, 0.5) is 0 Å². The van der Waals surface area contributed by atoms with Crippen LogP contribution >= 0.6 is 11.8 Å². The Morgan fingerprint density at radius 1 is 1.03 bits per heavy atom. The molecule has 3 amide bonds. The zero-order valence-electron chi connectivity index (χ0n) is 20.8. The van der Waals surface area contributed by atoms with Crippen molar-refractivity contribution in [3.05, 3.63) is 83.1 Å². The highest BCUT2D eigenvalue weighted by molar-refractivity contribution is 8.00. The lowest BCUT2D eigenvalue weighted by Gasteiger charge is -2.47. The van der Waals surface area contributed by atoms with E-state index >= 15 is 0 Å². The van der Waals surface area contributed by atoms with E-state index in [4.69, 9.17) is 4.74 Å². The maximum absolute atomic E-state index is 13.9. The Hall–Kier alpha value is -3.67. The molecule has 11 heteroatoms.